The maximum atomic E-state index is 11.6. The largest absolute Gasteiger partial charge is 0.508 e. The van der Waals surface area contributed by atoms with E-state index in [1.807, 2.05) is 13.8 Å². The molecule has 7 heteroatoms. The zero-order chi connectivity index (χ0) is 20.4. The number of aromatic hydroxyl groups is 1. The second-order valence-electron chi connectivity index (χ2n) is 6.69. The van der Waals surface area contributed by atoms with Gasteiger partial charge in [-0.25, -0.2) is 4.79 Å². The van der Waals surface area contributed by atoms with Crippen LogP contribution in [0.2, 0.25) is 0 Å². The number of hydrogen-bond acceptors (Lipinski definition) is 5. The van der Waals surface area contributed by atoms with E-state index in [0.717, 1.165) is 36.0 Å². The van der Waals surface area contributed by atoms with Crippen LogP contribution in [0.5, 0.6) is 23.0 Å². The van der Waals surface area contributed by atoms with Crippen LogP contribution < -0.4 is 14.8 Å². The number of carboxylic acids is 1. The van der Waals surface area contributed by atoms with Crippen molar-refractivity contribution in [2.75, 3.05) is 12.4 Å². The Morgan fingerprint density at radius 1 is 1.18 bits per heavy atom. The Bertz CT molecular complexity index is 951. The van der Waals surface area contributed by atoms with Gasteiger partial charge in [0.2, 0.25) is 0 Å². The Hall–Kier alpha value is -3.22. The van der Waals surface area contributed by atoms with E-state index < -0.39 is 11.9 Å². The fourth-order valence-corrected chi connectivity index (χ4v) is 3.68. The molecule has 1 aliphatic rings. The normalized spacial score (nSPS) is 12.4. The van der Waals surface area contributed by atoms with E-state index in [2.05, 4.69) is 5.32 Å². The number of anilines is 1. The van der Waals surface area contributed by atoms with Crippen LogP contribution in [0.25, 0.3) is 0 Å². The minimum atomic E-state index is -1.52. The van der Waals surface area contributed by atoms with E-state index in [4.69, 9.17) is 14.6 Å². The third kappa shape index (κ3) is 3.47. The maximum absolute atomic E-state index is 11.6. The topological polar surface area (TPSA) is 105 Å². The van der Waals surface area contributed by atoms with Crippen LogP contribution in [0.4, 0.5) is 5.69 Å². The summed E-state index contributed by atoms with van der Waals surface area (Å²) in [6, 6.07) is 4.97. The number of carbonyl (C=O) groups excluding carboxylic acids is 1. The number of carbonyl (C=O) groups is 2. The second kappa shape index (κ2) is 7.80. The molecule has 0 aliphatic heterocycles. The summed E-state index contributed by atoms with van der Waals surface area (Å²) in [4.78, 5) is 22.5. The highest BCUT2D eigenvalue weighted by molar-refractivity contribution is 6.36. The number of carboxylic acid groups (broad SMARTS) is 1. The lowest BCUT2D eigenvalue weighted by Crippen LogP contribution is -2.22. The molecule has 0 spiro atoms. The zero-order valence-corrected chi connectivity index (χ0v) is 16.1. The third-order valence-corrected chi connectivity index (χ3v) is 4.95. The van der Waals surface area contributed by atoms with Gasteiger partial charge in [0.15, 0.2) is 11.5 Å². The number of amides is 1. The van der Waals surface area contributed by atoms with Crippen molar-refractivity contribution in [3.8, 4) is 23.0 Å². The maximum Gasteiger partial charge on any atom is 0.394 e. The van der Waals surface area contributed by atoms with Crippen molar-refractivity contribution < 1.29 is 29.3 Å². The van der Waals surface area contributed by atoms with Crippen molar-refractivity contribution in [1.82, 2.24) is 0 Å². The Balaban J connectivity index is 2.04. The van der Waals surface area contributed by atoms with Crippen LogP contribution in [0.15, 0.2) is 18.2 Å². The molecule has 3 rings (SSSR count). The molecule has 1 aliphatic carbocycles. The van der Waals surface area contributed by atoms with Crippen molar-refractivity contribution in [1.29, 1.82) is 0 Å². The molecular weight excluding hydrogens is 362 g/mol. The molecule has 3 N–H and O–H groups in total. The van der Waals surface area contributed by atoms with Gasteiger partial charge in [0.25, 0.3) is 0 Å². The number of ether oxygens (including phenoxy) is 2. The lowest BCUT2D eigenvalue weighted by atomic mass is 10.0. The average Bonchev–Trinajstić information content (AvgIpc) is 3.15. The Morgan fingerprint density at radius 3 is 2.54 bits per heavy atom. The number of aryl methyl sites for hydroxylation is 1. The van der Waals surface area contributed by atoms with Crippen molar-refractivity contribution in [3.05, 3.63) is 40.5 Å². The molecular formula is C21H23NO6. The van der Waals surface area contributed by atoms with Crippen molar-refractivity contribution >= 4 is 17.6 Å². The predicted octanol–water partition coefficient (Wildman–Crippen LogP) is 3.58. The molecule has 0 aromatic heterocycles. The molecule has 148 valence electrons. The van der Waals surface area contributed by atoms with Gasteiger partial charge in [0.05, 0.1) is 7.11 Å². The van der Waals surface area contributed by atoms with E-state index in [9.17, 15) is 14.7 Å². The molecule has 2 aromatic rings. The summed E-state index contributed by atoms with van der Waals surface area (Å²) in [5, 5.41) is 21.4. The molecule has 1 amide bonds. The average molecular weight is 385 g/mol. The summed E-state index contributed by atoms with van der Waals surface area (Å²) in [5.74, 6) is -0.776. The van der Waals surface area contributed by atoms with Crippen LogP contribution in [0.3, 0.4) is 0 Å². The fraction of sp³-hybridized carbons (Fsp3) is 0.333. The van der Waals surface area contributed by atoms with Gasteiger partial charge in [0.1, 0.15) is 11.5 Å². The SMILES string of the molecule is CCc1c(O)ccc(Oc2c(C)cc(NC(=O)C(=O)O)c3c2CCC3)c1OC. The van der Waals surface area contributed by atoms with Crippen LogP contribution in [-0.4, -0.2) is 29.2 Å². The first-order valence-corrected chi connectivity index (χ1v) is 9.13. The number of hydrogen-bond donors (Lipinski definition) is 3. The van der Waals surface area contributed by atoms with Crippen LogP contribution in [0, 0.1) is 6.92 Å². The van der Waals surface area contributed by atoms with Gasteiger partial charge >= 0.3 is 11.9 Å². The summed E-state index contributed by atoms with van der Waals surface area (Å²) in [5.41, 5.74) is 3.79. The predicted molar refractivity (Wildman–Crippen MR) is 104 cm³/mol. The van der Waals surface area contributed by atoms with Gasteiger partial charge < -0.3 is 25.0 Å². The Labute approximate surface area is 162 Å². The molecule has 0 bridgehead atoms. The fourth-order valence-electron chi connectivity index (χ4n) is 3.68. The highest BCUT2D eigenvalue weighted by atomic mass is 16.5. The molecule has 0 unspecified atom stereocenters. The number of fused-ring (bicyclic) bond motifs is 1. The standard InChI is InChI=1S/C21H23NO6/c1-4-12-16(23)8-9-17(19(12)27-3)28-18-11(2)10-15(22-20(24)21(25)26)13-6-5-7-14(13)18/h8-10,23H,4-7H2,1-3H3,(H,22,24)(H,25,26). The minimum Gasteiger partial charge on any atom is -0.508 e. The molecule has 0 atom stereocenters. The lowest BCUT2D eigenvalue weighted by Gasteiger charge is -2.19. The number of phenols is 1. The van der Waals surface area contributed by atoms with Crippen LogP contribution in [0.1, 0.15) is 35.6 Å². The van der Waals surface area contributed by atoms with Gasteiger partial charge in [-0.1, -0.05) is 6.92 Å². The lowest BCUT2D eigenvalue weighted by molar-refractivity contribution is -0.147. The summed E-state index contributed by atoms with van der Waals surface area (Å²) in [6.07, 6.45) is 2.97. The second-order valence-corrected chi connectivity index (χ2v) is 6.69. The van der Waals surface area contributed by atoms with Crippen LogP contribution >= 0.6 is 0 Å². The van der Waals surface area contributed by atoms with Crippen LogP contribution in [-0.2, 0) is 28.9 Å². The highest BCUT2D eigenvalue weighted by Gasteiger charge is 2.25. The first-order chi connectivity index (χ1) is 13.4. The van der Waals surface area contributed by atoms with Crippen molar-refractivity contribution in [3.63, 3.8) is 0 Å². The molecule has 7 nitrogen and oxygen atoms in total. The molecule has 0 radical (unpaired) electrons. The number of rotatable bonds is 5. The quantitative estimate of drug-likeness (QED) is 0.680. The number of benzene rings is 2. The molecule has 0 saturated carbocycles. The van der Waals surface area contributed by atoms with Gasteiger partial charge in [0, 0.05) is 16.8 Å². The van der Waals surface area contributed by atoms with Gasteiger partial charge in [-0.2, -0.15) is 0 Å². The molecule has 0 fully saturated rings. The van der Waals surface area contributed by atoms with Crippen molar-refractivity contribution in [2.24, 2.45) is 0 Å². The monoisotopic (exact) mass is 385 g/mol. The van der Waals surface area contributed by atoms with E-state index in [1.165, 1.54) is 7.11 Å². The summed E-state index contributed by atoms with van der Waals surface area (Å²) >= 11 is 0. The summed E-state index contributed by atoms with van der Waals surface area (Å²) in [6.45, 7) is 3.77. The van der Waals surface area contributed by atoms with Gasteiger partial charge in [-0.05, 0) is 61.9 Å². The number of phenolic OH excluding ortho intramolecular Hbond substituents is 1. The zero-order valence-electron chi connectivity index (χ0n) is 16.1. The number of methoxy groups -OCH3 is 1. The Morgan fingerprint density at radius 2 is 1.89 bits per heavy atom. The molecule has 0 heterocycles. The summed E-state index contributed by atoms with van der Waals surface area (Å²) < 4.78 is 11.7. The highest BCUT2D eigenvalue weighted by Crippen LogP contribution is 2.44. The smallest absolute Gasteiger partial charge is 0.394 e. The van der Waals surface area contributed by atoms with Crippen molar-refractivity contribution in [2.45, 2.75) is 39.5 Å². The van der Waals surface area contributed by atoms with E-state index in [-0.39, 0.29) is 5.75 Å². The van der Waals surface area contributed by atoms with Gasteiger partial charge in [-0.3, -0.25) is 4.79 Å². The van der Waals surface area contributed by atoms with E-state index >= 15 is 0 Å². The first kappa shape index (κ1) is 19.5. The Kier molecular flexibility index (Phi) is 5.44. The third-order valence-electron chi connectivity index (χ3n) is 4.95. The number of aliphatic carboxylic acids is 1. The van der Waals surface area contributed by atoms with Gasteiger partial charge in [-0.15, -0.1) is 0 Å². The molecule has 28 heavy (non-hydrogen) atoms. The number of nitrogens with one attached hydrogen (secondary N) is 1. The molecule has 2 aromatic carbocycles. The van der Waals surface area contributed by atoms with E-state index in [0.29, 0.717) is 34.9 Å². The first-order valence-electron chi connectivity index (χ1n) is 9.13. The molecule has 0 saturated heterocycles. The summed E-state index contributed by atoms with van der Waals surface area (Å²) in [7, 11) is 1.53. The minimum absolute atomic E-state index is 0.153. The van der Waals surface area contributed by atoms with E-state index in [1.54, 1.807) is 18.2 Å².